The third-order valence-electron chi connectivity index (χ3n) is 4.68. The van der Waals surface area contributed by atoms with Crippen molar-refractivity contribution in [2.24, 2.45) is 11.3 Å². The van der Waals surface area contributed by atoms with Crippen LogP contribution in [0.1, 0.15) is 39.2 Å². The molecule has 0 bridgehead atoms. The molecule has 1 N–H and O–H groups in total. The number of nitrogens with zero attached hydrogens (tertiary/aromatic N) is 1. The highest BCUT2D eigenvalue weighted by molar-refractivity contribution is 9.10. The quantitative estimate of drug-likeness (QED) is 0.761. The Morgan fingerprint density at radius 3 is 2.56 bits per heavy atom. The fourth-order valence-corrected chi connectivity index (χ4v) is 3.91. The van der Waals surface area contributed by atoms with E-state index in [2.05, 4.69) is 21.2 Å². The first kappa shape index (κ1) is 21.5. The Kier molecular flexibility index (Phi) is 7.14. The fraction of sp³-hybridized carbons (Fsp3) is 0.600. The van der Waals surface area contributed by atoms with E-state index in [0.29, 0.717) is 24.6 Å². The average molecular weight is 441 g/mol. The zero-order chi connectivity index (χ0) is 20.2. The third kappa shape index (κ3) is 5.37. The number of hydrogen-bond donors (Lipinski definition) is 1. The Balaban J connectivity index is 1.99. The summed E-state index contributed by atoms with van der Waals surface area (Å²) in [6.07, 6.45) is 1.65. The Morgan fingerprint density at radius 1 is 1.26 bits per heavy atom. The minimum atomic E-state index is -0.426. The van der Waals surface area contributed by atoms with E-state index in [1.807, 2.05) is 37.8 Å². The molecular weight excluding hydrogens is 412 g/mol. The molecule has 150 valence electrons. The van der Waals surface area contributed by atoms with Crippen LogP contribution in [0.5, 0.6) is 11.5 Å². The number of piperidine rings is 1. The summed E-state index contributed by atoms with van der Waals surface area (Å²) in [6.45, 7) is 7.33. The van der Waals surface area contributed by atoms with Crippen molar-refractivity contribution in [1.82, 2.24) is 10.2 Å². The van der Waals surface area contributed by atoms with Gasteiger partial charge < -0.3 is 19.7 Å². The van der Waals surface area contributed by atoms with E-state index in [1.54, 1.807) is 14.2 Å². The molecule has 2 rings (SSSR count). The predicted molar refractivity (Wildman–Crippen MR) is 108 cm³/mol. The van der Waals surface area contributed by atoms with Gasteiger partial charge in [0.25, 0.3) is 0 Å². The Labute approximate surface area is 169 Å². The predicted octanol–water partition coefficient (Wildman–Crippen LogP) is 3.37. The lowest BCUT2D eigenvalue weighted by molar-refractivity contribution is -0.142. The second-order valence-corrected chi connectivity index (χ2v) is 8.73. The van der Waals surface area contributed by atoms with Gasteiger partial charge in [0.15, 0.2) is 11.5 Å². The van der Waals surface area contributed by atoms with E-state index in [-0.39, 0.29) is 17.7 Å². The summed E-state index contributed by atoms with van der Waals surface area (Å²) in [7, 11) is 3.16. The first-order chi connectivity index (χ1) is 12.7. The normalized spacial score (nSPS) is 17.4. The van der Waals surface area contributed by atoms with Gasteiger partial charge in [0.05, 0.1) is 24.6 Å². The summed E-state index contributed by atoms with van der Waals surface area (Å²) in [6, 6.07) is 3.75. The van der Waals surface area contributed by atoms with Gasteiger partial charge in [0.2, 0.25) is 11.8 Å². The molecule has 0 saturated carbocycles. The van der Waals surface area contributed by atoms with E-state index < -0.39 is 5.41 Å². The first-order valence-electron chi connectivity index (χ1n) is 9.15. The third-order valence-corrected chi connectivity index (χ3v) is 5.27. The largest absolute Gasteiger partial charge is 0.493 e. The van der Waals surface area contributed by atoms with Crippen LogP contribution >= 0.6 is 15.9 Å². The zero-order valence-corrected chi connectivity index (χ0v) is 18.3. The van der Waals surface area contributed by atoms with Crippen LogP contribution in [0.4, 0.5) is 0 Å². The van der Waals surface area contributed by atoms with E-state index in [4.69, 9.17) is 9.47 Å². The maximum absolute atomic E-state index is 12.6. The van der Waals surface area contributed by atoms with E-state index in [9.17, 15) is 9.59 Å². The number of carbonyl (C=O) groups is 2. The SMILES string of the molecule is COc1cc(CNC(=O)C2CCCN(C(=O)C(C)(C)C)C2)cc(Br)c1OC. The molecule has 1 aromatic carbocycles. The van der Waals surface area contributed by atoms with E-state index >= 15 is 0 Å². The van der Waals surface area contributed by atoms with E-state index in [0.717, 1.165) is 29.4 Å². The minimum absolute atomic E-state index is 0.0210. The minimum Gasteiger partial charge on any atom is -0.493 e. The molecule has 1 aliphatic rings. The van der Waals surface area contributed by atoms with Gasteiger partial charge in [0, 0.05) is 25.0 Å². The van der Waals surface area contributed by atoms with Crippen molar-refractivity contribution < 1.29 is 19.1 Å². The van der Waals surface area contributed by atoms with Gasteiger partial charge in [-0.25, -0.2) is 0 Å². The number of likely N-dealkylation sites (tertiary alicyclic amines) is 1. The average Bonchev–Trinajstić information content (AvgIpc) is 2.64. The molecule has 0 radical (unpaired) electrons. The molecule has 0 aromatic heterocycles. The number of rotatable bonds is 5. The van der Waals surface area contributed by atoms with Crippen molar-refractivity contribution in [3.05, 3.63) is 22.2 Å². The number of hydrogen-bond acceptors (Lipinski definition) is 4. The standard InChI is InChI=1S/C20H29BrN2O4/c1-20(2,3)19(25)23-8-6-7-14(12-23)18(24)22-11-13-9-15(21)17(27-5)16(10-13)26-4/h9-10,14H,6-8,11-12H2,1-5H3,(H,22,24). The smallest absolute Gasteiger partial charge is 0.227 e. The van der Waals surface area contributed by atoms with Crippen molar-refractivity contribution in [3.63, 3.8) is 0 Å². The van der Waals surface area contributed by atoms with Crippen LogP contribution < -0.4 is 14.8 Å². The van der Waals surface area contributed by atoms with Crippen molar-refractivity contribution in [3.8, 4) is 11.5 Å². The highest BCUT2D eigenvalue weighted by atomic mass is 79.9. The van der Waals surface area contributed by atoms with Gasteiger partial charge in [-0.15, -0.1) is 0 Å². The number of amides is 2. The number of nitrogens with one attached hydrogen (secondary N) is 1. The van der Waals surface area contributed by atoms with Crippen LogP contribution in [0.2, 0.25) is 0 Å². The molecule has 1 saturated heterocycles. The summed E-state index contributed by atoms with van der Waals surface area (Å²) < 4.78 is 11.4. The second-order valence-electron chi connectivity index (χ2n) is 7.87. The maximum atomic E-state index is 12.6. The summed E-state index contributed by atoms with van der Waals surface area (Å²) in [5.74, 6) is 1.14. The molecule has 1 fully saturated rings. The number of ether oxygens (including phenoxy) is 2. The highest BCUT2D eigenvalue weighted by Gasteiger charge is 2.33. The molecule has 27 heavy (non-hydrogen) atoms. The van der Waals surface area contributed by atoms with Gasteiger partial charge >= 0.3 is 0 Å². The van der Waals surface area contributed by atoms with Gasteiger partial charge in [-0.2, -0.15) is 0 Å². The zero-order valence-electron chi connectivity index (χ0n) is 16.7. The van der Waals surface area contributed by atoms with Gasteiger partial charge in [-0.1, -0.05) is 20.8 Å². The molecule has 7 heteroatoms. The van der Waals surface area contributed by atoms with Gasteiger partial charge in [-0.05, 0) is 46.5 Å². The van der Waals surface area contributed by atoms with Crippen molar-refractivity contribution in [2.75, 3.05) is 27.3 Å². The Morgan fingerprint density at radius 2 is 1.96 bits per heavy atom. The van der Waals surface area contributed by atoms with Crippen LogP contribution in [0.3, 0.4) is 0 Å². The molecule has 1 atom stereocenters. The highest BCUT2D eigenvalue weighted by Crippen LogP contribution is 2.36. The van der Waals surface area contributed by atoms with Crippen molar-refractivity contribution in [2.45, 2.75) is 40.2 Å². The van der Waals surface area contributed by atoms with Crippen LogP contribution in [-0.2, 0) is 16.1 Å². The lowest BCUT2D eigenvalue weighted by atomic mass is 9.91. The molecule has 6 nitrogen and oxygen atoms in total. The monoisotopic (exact) mass is 440 g/mol. The maximum Gasteiger partial charge on any atom is 0.227 e. The second kappa shape index (κ2) is 8.95. The number of methoxy groups -OCH3 is 2. The van der Waals surface area contributed by atoms with Crippen LogP contribution in [0.15, 0.2) is 16.6 Å². The van der Waals surface area contributed by atoms with Crippen LogP contribution in [0, 0.1) is 11.3 Å². The molecule has 0 aliphatic carbocycles. The molecule has 1 aliphatic heterocycles. The lowest BCUT2D eigenvalue weighted by Gasteiger charge is -2.35. The number of carbonyl (C=O) groups excluding carboxylic acids is 2. The van der Waals surface area contributed by atoms with Gasteiger partial charge in [0.1, 0.15) is 0 Å². The van der Waals surface area contributed by atoms with Crippen molar-refractivity contribution in [1.29, 1.82) is 0 Å². The number of halogens is 1. The summed E-state index contributed by atoms with van der Waals surface area (Å²) >= 11 is 3.46. The molecule has 1 aromatic rings. The van der Waals surface area contributed by atoms with Crippen LogP contribution in [0.25, 0.3) is 0 Å². The topological polar surface area (TPSA) is 67.9 Å². The fourth-order valence-electron chi connectivity index (χ4n) is 3.26. The van der Waals surface area contributed by atoms with E-state index in [1.165, 1.54) is 0 Å². The Hall–Kier alpha value is -1.76. The first-order valence-corrected chi connectivity index (χ1v) is 9.94. The summed E-state index contributed by atoms with van der Waals surface area (Å²) in [5.41, 5.74) is 0.482. The lowest BCUT2D eigenvalue weighted by Crippen LogP contribution is -2.48. The van der Waals surface area contributed by atoms with Gasteiger partial charge in [-0.3, -0.25) is 9.59 Å². The van der Waals surface area contributed by atoms with Crippen LogP contribution in [-0.4, -0.2) is 44.0 Å². The summed E-state index contributed by atoms with van der Waals surface area (Å²) in [4.78, 5) is 27.0. The van der Waals surface area contributed by atoms with Crippen molar-refractivity contribution >= 4 is 27.7 Å². The molecule has 0 spiro atoms. The summed E-state index contributed by atoms with van der Waals surface area (Å²) in [5, 5.41) is 2.99. The molecule has 2 amide bonds. The molecule has 1 unspecified atom stereocenters. The molecule has 1 heterocycles. The number of benzene rings is 1. The molecular formula is C20H29BrN2O4. The Bertz CT molecular complexity index is 700.